The lowest BCUT2D eigenvalue weighted by Gasteiger charge is -2.31. The van der Waals surface area contributed by atoms with Crippen LogP contribution >= 0.6 is 15.8 Å². The molecule has 0 spiro atoms. The van der Waals surface area contributed by atoms with Crippen molar-refractivity contribution in [2.75, 3.05) is 6.16 Å². The number of allylic oxidation sites excluding steroid dienone is 2. The van der Waals surface area contributed by atoms with Gasteiger partial charge >= 0.3 is 0 Å². The Labute approximate surface area is 259 Å². The van der Waals surface area contributed by atoms with Gasteiger partial charge < -0.3 is 0 Å². The van der Waals surface area contributed by atoms with Crippen LogP contribution in [0.1, 0.15) is 11.1 Å². The molecule has 2 heteroatoms. The first-order chi connectivity index (χ1) is 21.3. The van der Waals surface area contributed by atoms with Gasteiger partial charge in [0.2, 0.25) is 0 Å². The second-order valence-corrected chi connectivity index (χ2v) is 15.3. The van der Waals surface area contributed by atoms with Crippen molar-refractivity contribution in [1.29, 1.82) is 0 Å². The number of rotatable bonds is 11. The smallest absolute Gasteiger partial charge is 0.0102 e. The van der Waals surface area contributed by atoms with Gasteiger partial charge in [-0.05, 0) is 66.3 Å². The molecule has 0 amide bonds. The summed E-state index contributed by atoms with van der Waals surface area (Å²) in [6, 6.07) is 66.7. The van der Waals surface area contributed by atoms with Crippen molar-refractivity contribution in [3.63, 3.8) is 0 Å². The van der Waals surface area contributed by atoms with Crippen LogP contribution in [0, 0.1) is 0 Å². The van der Waals surface area contributed by atoms with E-state index in [0.717, 1.165) is 12.6 Å². The minimum atomic E-state index is -0.685. The van der Waals surface area contributed by atoms with Crippen LogP contribution < -0.4 is 21.2 Å². The van der Waals surface area contributed by atoms with Gasteiger partial charge in [-0.15, -0.1) is 0 Å². The molecule has 43 heavy (non-hydrogen) atoms. The first kappa shape index (κ1) is 29.0. The highest BCUT2D eigenvalue weighted by molar-refractivity contribution is 7.77. The fourth-order valence-corrected chi connectivity index (χ4v) is 11.4. The number of hydrogen-bond donors (Lipinski definition) is 0. The molecule has 0 aromatic heterocycles. The Morgan fingerprint density at radius 2 is 0.814 bits per heavy atom. The SMILES string of the molecule is C(=C(/Cc1ccccc1)c1ccccc1)/C(CP(c1ccccc1)c1ccccc1)P(c1ccccc1)c1ccccc1. The van der Waals surface area contributed by atoms with Gasteiger partial charge in [-0.3, -0.25) is 0 Å². The highest BCUT2D eigenvalue weighted by atomic mass is 31.1. The van der Waals surface area contributed by atoms with Crippen molar-refractivity contribution in [1.82, 2.24) is 0 Å². The van der Waals surface area contributed by atoms with Gasteiger partial charge in [0.1, 0.15) is 0 Å². The van der Waals surface area contributed by atoms with Crippen molar-refractivity contribution in [2.24, 2.45) is 0 Å². The molecule has 0 nitrogen and oxygen atoms in total. The van der Waals surface area contributed by atoms with Gasteiger partial charge in [0.05, 0.1) is 0 Å². The molecule has 0 aliphatic carbocycles. The zero-order valence-electron chi connectivity index (χ0n) is 24.3. The van der Waals surface area contributed by atoms with Gasteiger partial charge in [-0.1, -0.05) is 188 Å². The van der Waals surface area contributed by atoms with Crippen LogP contribution in [0.25, 0.3) is 5.57 Å². The Balaban J connectivity index is 1.54. The van der Waals surface area contributed by atoms with E-state index >= 15 is 0 Å². The van der Waals surface area contributed by atoms with Crippen molar-refractivity contribution >= 4 is 42.6 Å². The largest absolute Gasteiger partial charge is 0.0720 e. The van der Waals surface area contributed by atoms with Gasteiger partial charge in [0.15, 0.2) is 0 Å². The van der Waals surface area contributed by atoms with Gasteiger partial charge in [0, 0.05) is 5.66 Å². The van der Waals surface area contributed by atoms with Crippen LogP contribution in [-0.4, -0.2) is 11.8 Å². The molecule has 210 valence electrons. The summed E-state index contributed by atoms with van der Waals surface area (Å²) in [4.78, 5) is 0. The minimum Gasteiger partial charge on any atom is -0.0720 e. The summed E-state index contributed by atoms with van der Waals surface area (Å²) < 4.78 is 0. The molecule has 6 aromatic rings. The third-order valence-electron chi connectivity index (χ3n) is 7.68. The van der Waals surface area contributed by atoms with E-state index in [4.69, 9.17) is 0 Å². The highest BCUT2D eigenvalue weighted by Gasteiger charge is 2.28. The van der Waals surface area contributed by atoms with Crippen molar-refractivity contribution in [3.8, 4) is 0 Å². The predicted molar refractivity (Wildman–Crippen MR) is 191 cm³/mol. The average molecular weight is 591 g/mol. The normalized spacial score (nSPS) is 12.4. The fraction of sp³-hybridized carbons (Fsp3) is 0.0732. The Morgan fingerprint density at radius 1 is 0.442 bits per heavy atom. The van der Waals surface area contributed by atoms with Crippen molar-refractivity contribution < 1.29 is 0 Å². The second-order valence-electron chi connectivity index (χ2n) is 10.6. The van der Waals surface area contributed by atoms with Crippen LogP contribution in [0.2, 0.25) is 0 Å². The summed E-state index contributed by atoms with van der Waals surface area (Å²) >= 11 is 0. The molecule has 0 aliphatic heterocycles. The lowest BCUT2D eigenvalue weighted by molar-refractivity contribution is 1.20. The molecule has 0 N–H and O–H groups in total. The van der Waals surface area contributed by atoms with Crippen LogP contribution in [0.15, 0.2) is 188 Å². The molecule has 0 aliphatic rings. The summed E-state index contributed by atoms with van der Waals surface area (Å²) in [6.45, 7) is 0. The Bertz CT molecular complexity index is 1610. The first-order valence-corrected chi connectivity index (χ1v) is 17.9. The molecule has 0 heterocycles. The zero-order chi connectivity index (χ0) is 29.1. The molecule has 0 saturated carbocycles. The van der Waals surface area contributed by atoms with E-state index < -0.39 is 15.8 Å². The topological polar surface area (TPSA) is 0 Å². The molecule has 0 fully saturated rings. The molecule has 0 bridgehead atoms. The van der Waals surface area contributed by atoms with Crippen LogP contribution in [-0.2, 0) is 6.42 Å². The quantitative estimate of drug-likeness (QED) is 0.132. The maximum atomic E-state index is 2.65. The average Bonchev–Trinajstić information content (AvgIpc) is 3.09. The van der Waals surface area contributed by atoms with Gasteiger partial charge in [-0.2, -0.15) is 0 Å². The maximum absolute atomic E-state index is 2.65. The molecular weight excluding hydrogens is 554 g/mol. The van der Waals surface area contributed by atoms with Gasteiger partial charge in [0.25, 0.3) is 0 Å². The third kappa shape index (κ3) is 7.66. The molecule has 0 saturated heterocycles. The van der Waals surface area contributed by atoms with E-state index in [9.17, 15) is 0 Å². The summed E-state index contributed by atoms with van der Waals surface area (Å²) in [6.07, 6.45) is 4.63. The fourth-order valence-electron chi connectivity index (χ4n) is 5.64. The van der Waals surface area contributed by atoms with Crippen LogP contribution in [0.3, 0.4) is 0 Å². The molecule has 1 unspecified atom stereocenters. The Kier molecular flexibility index (Phi) is 10.0. The summed E-state index contributed by atoms with van der Waals surface area (Å²) in [5.41, 5.74) is 4.36. The standard InChI is InChI=1S/C41H36P2/c1-7-19-34(20-8-1)31-36(35-21-9-2-10-22-35)32-41(43(39-27-15-5-16-28-39)40-29-17-6-18-30-40)33-42(37-23-11-3-12-24-37)38-25-13-4-14-26-38/h1-30,32,41H,31,33H2/b36-32+. The van der Waals surface area contributed by atoms with E-state index in [2.05, 4.69) is 188 Å². The van der Waals surface area contributed by atoms with E-state index in [1.807, 2.05) is 0 Å². The molecule has 0 radical (unpaired) electrons. The Morgan fingerprint density at radius 3 is 1.26 bits per heavy atom. The maximum Gasteiger partial charge on any atom is 0.0102 e. The van der Waals surface area contributed by atoms with E-state index in [1.54, 1.807) is 0 Å². The summed E-state index contributed by atoms with van der Waals surface area (Å²) in [7, 11) is -1.28. The van der Waals surface area contributed by atoms with Gasteiger partial charge in [-0.25, -0.2) is 0 Å². The Hall–Kier alpha value is -4.08. The third-order valence-corrected chi connectivity index (χ3v) is 13.3. The molecule has 6 aromatic carbocycles. The number of benzene rings is 6. The minimum absolute atomic E-state index is 0.324. The zero-order valence-corrected chi connectivity index (χ0v) is 26.1. The lowest BCUT2D eigenvalue weighted by atomic mass is 9.97. The van der Waals surface area contributed by atoms with Crippen LogP contribution in [0.5, 0.6) is 0 Å². The summed E-state index contributed by atoms with van der Waals surface area (Å²) in [5.74, 6) is 0. The molecule has 6 rings (SSSR count). The monoisotopic (exact) mass is 590 g/mol. The second kappa shape index (κ2) is 14.9. The lowest BCUT2D eigenvalue weighted by Crippen LogP contribution is -2.26. The highest BCUT2D eigenvalue weighted by Crippen LogP contribution is 2.48. The van der Waals surface area contributed by atoms with E-state index in [0.29, 0.717) is 5.66 Å². The molecular formula is C41H36P2. The van der Waals surface area contributed by atoms with Crippen molar-refractivity contribution in [2.45, 2.75) is 12.1 Å². The van der Waals surface area contributed by atoms with Crippen LogP contribution in [0.4, 0.5) is 0 Å². The predicted octanol–water partition coefficient (Wildman–Crippen LogP) is 8.95. The van der Waals surface area contributed by atoms with E-state index in [1.165, 1.54) is 37.9 Å². The molecule has 1 atom stereocenters. The van der Waals surface area contributed by atoms with E-state index in [-0.39, 0.29) is 0 Å². The summed E-state index contributed by atoms with van der Waals surface area (Å²) in [5, 5.41) is 5.71. The number of hydrogen-bond acceptors (Lipinski definition) is 0. The van der Waals surface area contributed by atoms with Crippen molar-refractivity contribution in [3.05, 3.63) is 199 Å². The first-order valence-electron chi connectivity index (χ1n) is 14.9.